The van der Waals surface area contributed by atoms with E-state index < -0.39 is 5.82 Å². The fraction of sp³-hybridized carbons (Fsp3) is 0.176. The van der Waals surface area contributed by atoms with Crippen LogP contribution in [-0.4, -0.2) is 15.6 Å². The third-order valence-corrected chi connectivity index (χ3v) is 3.65. The van der Waals surface area contributed by atoms with Crippen molar-refractivity contribution in [2.75, 3.05) is 0 Å². The van der Waals surface area contributed by atoms with Gasteiger partial charge in [0.1, 0.15) is 5.82 Å². The number of Topliss-reactive ketones (excluding diaryl/α,β-unsaturated/α-hetero) is 1. The summed E-state index contributed by atoms with van der Waals surface area (Å²) < 4.78 is 15.8. The fourth-order valence-corrected chi connectivity index (χ4v) is 2.53. The molecule has 0 bridgehead atoms. The third kappa shape index (κ3) is 2.33. The summed E-state index contributed by atoms with van der Waals surface area (Å²) in [6.45, 7) is 1.66. The van der Waals surface area contributed by atoms with Crippen LogP contribution in [0, 0.1) is 12.7 Å². The van der Waals surface area contributed by atoms with Crippen LogP contribution in [-0.2, 0) is 13.5 Å². The lowest BCUT2D eigenvalue weighted by molar-refractivity contribution is 0.0988. The molecule has 0 aliphatic heterocycles. The molecule has 0 unspecified atom stereocenters. The number of halogens is 1. The van der Waals surface area contributed by atoms with Crippen LogP contribution in [0.3, 0.4) is 0 Å². The molecule has 106 valence electrons. The molecule has 4 heteroatoms. The Hall–Kier alpha value is -2.49. The number of rotatable bonds is 3. The molecule has 0 radical (unpaired) electrons. The molecule has 2 aromatic carbocycles. The Morgan fingerprint density at radius 3 is 2.76 bits per heavy atom. The summed E-state index contributed by atoms with van der Waals surface area (Å²) in [5.41, 5.74) is 2.25. The number of ketones is 1. The van der Waals surface area contributed by atoms with Crippen molar-refractivity contribution < 1.29 is 9.18 Å². The Labute approximate surface area is 122 Å². The molecule has 3 rings (SSSR count). The van der Waals surface area contributed by atoms with Crippen LogP contribution in [0.5, 0.6) is 0 Å². The molecule has 0 aliphatic rings. The predicted octanol–water partition coefficient (Wildman–Crippen LogP) is 3.45. The molecule has 0 saturated heterocycles. The van der Waals surface area contributed by atoms with Gasteiger partial charge >= 0.3 is 0 Å². The van der Waals surface area contributed by atoms with Gasteiger partial charge in [0.15, 0.2) is 5.78 Å². The van der Waals surface area contributed by atoms with Gasteiger partial charge in [0.05, 0.1) is 23.2 Å². The molecule has 0 spiro atoms. The zero-order valence-corrected chi connectivity index (χ0v) is 11.9. The molecule has 0 saturated carbocycles. The molecule has 0 amide bonds. The average Bonchev–Trinajstić information content (AvgIpc) is 2.79. The first-order valence-corrected chi connectivity index (χ1v) is 6.77. The monoisotopic (exact) mass is 282 g/mol. The summed E-state index contributed by atoms with van der Waals surface area (Å²) in [4.78, 5) is 12.4. The molecule has 1 aromatic heterocycles. The predicted molar refractivity (Wildman–Crippen MR) is 79.9 cm³/mol. The lowest BCUT2D eigenvalue weighted by Gasteiger charge is -2.03. The maximum Gasteiger partial charge on any atom is 0.171 e. The van der Waals surface area contributed by atoms with Crippen molar-refractivity contribution in [2.45, 2.75) is 13.3 Å². The van der Waals surface area contributed by atoms with E-state index in [1.165, 1.54) is 6.07 Å². The number of benzene rings is 2. The average molecular weight is 282 g/mol. The first-order valence-electron chi connectivity index (χ1n) is 6.77. The smallest absolute Gasteiger partial charge is 0.171 e. The van der Waals surface area contributed by atoms with Crippen molar-refractivity contribution in [1.29, 1.82) is 0 Å². The van der Waals surface area contributed by atoms with Gasteiger partial charge in [0.25, 0.3) is 0 Å². The second-order valence-electron chi connectivity index (χ2n) is 5.12. The summed E-state index contributed by atoms with van der Waals surface area (Å²) >= 11 is 0. The summed E-state index contributed by atoms with van der Waals surface area (Å²) in [7, 11) is 1.84. The van der Waals surface area contributed by atoms with Crippen LogP contribution in [0.4, 0.5) is 4.39 Å². The number of hydrogen-bond acceptors (Lipinski definition) is 2. The molecule has 1 heterocycles. The van der Waals surface area contributed by atoms with Gasteiger partial charge in [-0.1, -0.05) is 30.3 Å². The van der Waals surface area contributed by atoms with E-state index in [-0.39, 0.29) is 17.8 Å². The number of carbonyl (C=O) groups excluding carboxylic acids is 1. The van der Waals surface area contributed by atoms with Gasteiger partial charge in [-0.2, -0.15) is 5.10 Å². The van der Waals surface area contributed by atoms with Gasteiger partial charge in [-0.3, -0.25) is 9.48 Å². The van der Waals surface area contributed by atoms with Crippen molar-refractivity contribution in [1.82, 2.24) is 9.78 Å². The highest BCUT2D eigenvalue weighted by Gasteiger charge is 2.17. The Kier molecular flexibility index (Phi) is 3.29. The summed E-state index contributed by atoms with van der Waals surface area (Å²) in [6, 6.07) is 12.6. The lowest BCUT2D eigenvalue weighted by atomic mass is 10.0. The molecule has 0 fully saturated rings. The van der Waals surface area contributed by atoms with E-state index in [9.17, 15) is 9.18 Å². The van der Waals surface area contributed by atoms with Crippen molar-refractivity contribution in [3.05, 3.63) is 65.1 Å². The van der Waals surface area contributed by atoms with E-state index >= 15 is 0 Å². The van der Waals surface area contributed by atoms with E-state index in [2.05, 4.69) is 5.10 Å². The van der Waals surface area contributed by atoms with E-state index in [4.69, 9.17) is 0 Å². The molecular formula is C17H15FN2O. The summed E-state index contributed by atoms with van der Waals surface area (Å²) in [6.07, 6.45) is 0.0989. The molecule has 3 nitrogen and oxygen atoms in total. The number of aryl methyl sites for hydroxylation is 2. The zero-order valence-electron chi connectivity index (χ0n) is 11.9. The zero-order chi connectivity index (χ0) is 15.0. The van der Waals surface area contributed by atoms with E-state index in [0.717, 1.165) is 10.9 Å². The number of carbonyl (C=O) groups is 1. The number of nitrogens with zero attached hydrogens (tertiary/aromatic N) is 2. The van der Waals surface area contributed by atoms with Crippen LogP contribution in [0.25, 0.3) is 10.9 Å². The minimum absolute atomic E-state index is 0.0989. The van der Waals surface area contributed by atoms with Crippen LogP contribution >= 0.6 is 0 Å². The molecule has 0 atom stereocenters. The Morgan fingerprint density at radius 1 is 1.19 bits per heavy atom. The van der Waals surface area contributed by atoms with Crippen LogP contribution < -0.4 is 0 Å². The van der Waals surface area contributed by atoms with Gasteiger partial charge in [0.2, 0.25) is 0 Å². The number of hydrogen-bond donors (Lipinski definition) is 0. The Bertz CT molecular complexity index is 836. The van der Waals surface area contributed by atoms with E-state index in [1.807, 2.05) is 31.3 Å². The van der Waals surface area contributed by atoms with Crippen molar-refractivity contribution in [3.8, 4) is 0 Å². The maximum absolute atomic E-state index is 14.0. The molecule has 3 aromatic rings. The minimum Gasteiger partial charge on any atom is -0.294 e. The summed E-state index contributed by atoms with van der Waals surface area (Å²) in [5.74, 6) is -0.692. The Balaban J connectivity index is 1.99. The SMILES string of the molecule is Cc1cccc(C(=O)Cc2nn(C)c3ccccc23)c1F. The molecular weight excluding hydrogens is 267 g/mol. The fourth-order valence-electron chi connectivity index (χ4n) is 2.53. The minimum atomic E-state index is -0.442. The van der Waals surface area contributed by atoms with Crippen molar-refractivity contribution >= 4 is 16.7 Å². The number of fused-ring (bicyclic) bond motifs is 1. The van der Waals surface area contributed by atoms with Gasteiger partial charge in [-0.15, -0.1) is 0 Å². The first kappa shape index (κ1) is 13.5. The Morgan fingerprint density at radius 2 is 1.95 bits per heavy atom. The topological polar surface area (TPSA) is 34.9 Å². The standard InChI is InChI=1S/C17H15FN2O/c1-11-6-5-8-13(17(11)18)16(21)10-14-12-7-3-4-9-15(12)20(2)19-14/h3-9H,10H2,1-2H3. The van der Waals surface area contributed by atoms with E-state index in [1.54, 1.807) is 23.7 Å². The number of aromatic nitrogens is 2. The van der Waals surface area contributed by atoms with Crippen LogP contribution in [0.2, 0.25) is 0 Å². The van der Waals surface area contributed by atoms with Crippen molar-refractivity contribution in [2.24, 2.45) is 7.05 Å². The molecule has 21 heavy (non-hydrogen) atoms. The second kappa shape index (κ2) is 5.13. The number of para-hydroxylation sites is 1. The van der Waals surface area contributed by atoms with Gasteiger partial charge in [-0.25, -0.2) is 4.39 Å². The lowest BCUT2D eigenvalue weighted by Crippen LogP contribution is -2.08. The normalized spacial score (nSPS) is 11.0. The highest BCUT2D eigenvalue weighted by molar-refractivity contribution is 5.99. The van der Waals surface area contributed by atoms with Gasteiger partial charge in [0, 0.05) is 12.4 Å². The maximum atomic E-state index is 14.0. The second-order valence-corrected chi connectivity index (χ2v) is 5.12. The van der Waals surface area contributed by atoms with E-state index in [0.29, 0.717) is 11.3 Å². The molecule has 0 N–H and O–H groups in total. The van der Waals surface area contributed by atoms with Crippen LogP contribution in [0.1, 0.15) is 21.6 Å². The quantitative estimate of drug-likeness (QED) is 0.690. The third-order valence-electron chi connectivity index (χ3n) is 3.65. The first-order chi connectivity index (χ1) is 10.1. The largest absolute Gasteiger partial charge is 0.294 e. The molecule has 0 aliphatic carbocycles. The van der Waals surface area contributed by atoms with Gasteiger partial charge in [-0.05, 0) is 24.6 Å². The van der Waals surface area contributed by atoms with Gasteiger partial charge < -0.3 is 0 Å². The highest BCUT2D eigenvalue weighted by atomic mass is 19.1. The van der Waals surface area contributed by atoms with Crippen LogP contribution in [0.15, 0.2) is 42.5 Å². The highest BCUT2D eigenvalue weighted by Crippen LogP contribution is 2.20. The summed E-state index contributed by atoms with van der Waals surface area (Å²) in [5, 5.41) is 5.31. The van der Waals surface area contributed by atoms with Crippen molar-refractivity contribution in [3.63, 3.8) is 0 Å².